The molecule has 2 rings (SSSR count). The van der Waals surface area contributed by atoms with E-state index in [1.54, 1.807) is 37.8 Å². The highest BCUT2D eigenvalue weighted by atomic mass is 19.1. The minimum Gasteiger partial charge on any atom is -0.389 e. The van der Waals surface area contributed by atoms with Gasteiger partial charge in [-0.3, -0.25) is 4.79 Å². The number of carbonyl (C=O) groups excluding carboxylic acids is 1. The third-order valence-corrected chi connectivity index (χ3v) is 3.60. The van der Waals surface area contributed by atoms with Crippen LogP contribution in [0.2, 0.25) is 0 Å². The van der Waals surface area contributed by atoms with Gasteiger partial charge in [0.05, 0.1) is 11.8 Å². The lowest BCUT2D eigenvalue weighted by molar-refractivity contribution is -0.126. The normalized spacial score (nSPS) is 20.1. The average molecular weight is 266 g/mol. The minimum absolute atomic E-state index is 0.113. The second-order valence-corrected chi connectivity index (χ2v) is 5.35. The number of halogens is 1. The van der Waals surface area contributed by atoms with Gasteiger partial charge in [0.25, 0.3) is 0 Å². The van der Waals surface area contributed by atoms with Crippen LogP contribution >= 0.6 is 0 Å². The van der Waals surface area contributed by atoms with Gasteiger partial charge in [-0.15, -0.1) is 0 Å². The number of nitrogens with one attached hydrogen (secondary N) is 1. The Hall–Kier alpha value is -1.62. The fourth-order valence-corrected chi connectivity index (χ4v) is 2.32. The third kappa shape index (κ3) is 2.42. The highest BCUT2D eigenvalue weighted by molar-refractivity contribution is 5.90. The largest absolute Gasteiger partial charge is 0.389 e. The molecule has 0 spiro atoms. The van der Waals surface area contributed by atoms with E-state index in [1.807, 2.05) is 0 Å². The van der Waals surface area contributed by atoms with E-state index in [9.17, 15) is 14.3 Å². The summed E-state index contributed by atoms with van der Waals surface area (Å²) in [4.78, 5) is 13.6. The molecule has 104 valence electrons. The number of aliphatic hydroxyl groups excluding tert-OH is 1. The highest BCUT2D eigenvalue weighted by Crippen LogP contribution is 2.30. The first kappa shape index (κ1) is 13.8. The van der Waals surface area contributed by atoms with Crippen LogP contribution in [0.3, 0.4) is 0 Å². The molecule has 0 bridgehead atoms. The van der Waals surface area contributed by atoms with Crippen molar-refractivity contribution in [1.29, 1.82) is 0 Å². The summed E-state index contributed by atoms with van der Waals surface area (Å²) in [5.74, 6) is -0.529. The Kier molecular flexibility index (Phi) is 3.49. The van der Waals surface area contributed by atoms with E-state index in [0.29, 0.717) is 24.3 Å². The third-order valence-electron chi connectivity index (χ3n) is 3.60. The summed E-state index contributed by atoms with van der Waals surface area (Å²) in [6.07, 6.45) is -0.707. The molecule has 0 aromatic heterocycles. The molecular formula is C14H19FN2O2. The van der Waals surface area contributed by atoms with Gasteiger partial charge < -0.3 is 15.3 Å². The molecule has 2 N–H and O–H groups in total. The van der Waals surface area contributed by atoms with Crippen LogP contribution < -0.4 is 10.2 Å². The Morgan fingerprint density at radius 2 is 2.16 bits per heavy atom. The Bertz CT molecular complexity index is 500. The lowest BCUT2D eigenvalue weighted by atomic mass is 9.97. The van der Waals surface area contributed by atoms with E-state index in [1.165, 1.54) is 6.07 Å². The monoisotopic (exact) mass is 266 g/mol. The molecule has 1 aromatic carbocycles. The Balaban J connectivity index is 2.38. The number of hydrogen-bond donors (Lipinski definition) is 2. The number of amides is 1. The summed E-state index contributed by atoms with van der Waals surface area (Å²) in [6.45, 7) is 6.18. The molecule has 0 radical (unpaired) electrons. The smallest absolute Gasteiger partial charge is 0.245 e. The van der Waals surface area contributed by atoms with E-state index in [-0.39, 0.29) is 5.91 Å². The SMILES string of the molecule is C[C@@H](O)c1ccc(N2CCNC(=O)C2(C)C)c(F)c1. The highest BCUT2D eigenvalue weighted by Gasteiger charge is 2.38. The zero-order valence-corrected chi connectivity index (χ0v) is 11.4. The van der Waals surface area contributed by atoms with E-state index in [0.717, 1.165) is 0 Å². The second-order valence-electron chi connectivity index (χ2n) is 5.35. The van der Waals surface area contributed by atoms with Crippen molar-refractivity contribution < 1.29 is 14.3 Å². The predicted octanol–water partition coefficient (Wildman–Crippen LogP) is 1.59. The van der Waals surface area contributed by atoms with Gasteiger partial charge in [0.1, 0.15) is 11.4 Å². The van der Waals surface area contributed by atoms with Gasteiger partial charge in [-0.05, 0) is 38.5 Å². The molecule has 0 aliphatic carbocycles. The number of hydrogen-bond acceptors (Lipinski definition) is 3. The van der Waals surface area contributed by atoms with E-state index in [2.05, 4.69) is 5.32 Å². The van der Waals surface area contributed by atoms with Crippen LogP contribution in [0, 0.1) is 5.82 Å². The molecule has 1 saturated heterocycles. The van der Waals surface area contributed by atoms with Crippen molar-refractivity contribution >= 4 is 11.6 Å². The van der Waals surface area contributed by atoms with Crippen molar-refractivity contribution in [2.75, 3.05) is 18.0 Å². The first-order valence-electron chi connectivity index (χ1n) is 6.37. The first-order chi connectivity index (χ1) is 8.84. The molecule has 1 aromatic rings. The van der Waals surface area contributed by atoms with E-state index >= 15 is 0 Å². The van der Waals surface area contributed by atoms with Crippen LogP contribution in [0.15, 0.2) is 18.2 Å². The molecule has 19 heavy (non-hydrogen) atoms. The van der Waals surface area contributed by atoms with E-state index < -0.39 is 17.5 Å². The van der Waals surface area contributed by atoms with Crippen molar-refractivity contribution in [3.8, 4) is 0 Å². The maximum atomic E-state index is 14.2. The van der Waals surface area contributed by atoms with Gasteiger partial charge in [-0.1, -0.05) is 6.07 Å². The lowest BCUT2D eigenvalue weighted by Gasteiger charge is -2.43. The van der Waals surface area contributed by atoms with Crippen LogP contribution in [0.5, 0.6) is 0 Å². The zero-order chi connectivity index (χ0) is 14.2. The van der Waals surface area contributed by atoms with Crippen molar-refractivity contribution in [2.24, 2.45) is 0 Å². The number of aliphatic hydroxyl groups is 1. The number of benzene rings is 1. The lowest BCUT2D eigenvalue weighted by Crippen LogP contribution is -2.62. The summed E-state index contributed by atoms with van der Waals surface area (Å²) in [7, 11) is 0. The van der Waals surface area contributed by atoms with Crippen LogP contribution in [0.25, 0.3) is 0 Å². The number of rotatable bonds is 2. The quantitative estimate of drug-likeness (QED) is 0.854. The van der Waals surface area contributed by atoms with Crippen LogP contribution in [-0.4, -0.2) is 29.6 Å². The summed E-state index contributed by atoms with van der Waals surface area (Å²) >= 11 is 0. The molecule has 1 atom stereocenters. The number of nitrogens with zero attached hydrogens (tertiary/aromatic N) is 1. The van der Waals surface area contributed by atoms with Crippen molar-refractivity contribution in [3.05, 3.63) is 29.6 Å². The molecule has 0 unspecified atom stereocenters. The summed E-state index contributed by atoms with van der Waals surface area (Å²) in [5.41, 5.74) is 0.135. The Morgan fingerprint density at radius 1 is 1.47 bits per heavy atom. The predicted molar refractivity (Wildman–Crippen MR) is 71.5 cm³/mol. The van der Waals surface area contributed by atoms with Gasteiger partial charge in [0.15, 0.2) is 0 Å². The fourth-order valence-electron chi connectivity index (χ4n) is 2.32. The Morgan fingerprint density at radius 3 is 2.74 bits per heavy atom. The standard InChI is InChI=1S/C14H19FN2O2/c1-9(18)10-4-5-12(11(15)8-10)17-7-6-16-13(19)14(17,2)3/h4-5,8-9,18H,6-7H2,1-3H3,(H,16,19)/t9-/m1/s1. The average Bonchev–Trinajstić information content (AvgIpc) is 2.33. The van der Waals surface area contributed by atoms with Crippen LogP contribution in [0.4, 0.5) is 10.1 Å². The van der Waals surface area contributed by atoms with Gasteiger partial charge in [-0.25, -0.2) is 4.39 Å². The summed E-state index contributed by atoms with van der Waals surface area (Å²) in [6, 6.07) is 4.63. The van der Waals surface area contributed by atoms with Crippen LogP contribution in [-0.2, 0) is 4.79 Å². The number of anilines is 1. The van der Waals surface area contributed by atoms with Gasteiger partial charge in [0.2, 0.25) is 5.91 Å². The second kappa shape index (κ2) is 4.81. The minimum atomic E-state index is -0.786. The number of carbonyl (C=O) groups is 1. The molecule has 1 fully saturated rings. The molecule has 1 amide bonds. The van der Waals surface area contributed by atoms with Crippen molar-refractivity contribution in [3.63, 3.8) is 0 Å². The summed E-state index contributed by atoms with van der Waals surface area (Å²) in [5, 5.41) is 12.2. The molecule has 0 saturated carbocycles. The summed E-state index contributed by atoms with van der Waals surface area (Å²) < 4.78 is 14.2. The first-order valence-corrected chi connectivity index (χ1v) is 6.37. The fraction of sp³-hybridized carbons (Fsp3) is 0.500. The molecule has 1 heterocycles. The van der Waals surface area contributed by atoms with Gasteiger partial charge in [-0.2, -0.15) is 0 Å². The maximum Gasteiger partial charge on any atom is 0.245 e. The van der Waals surface area contributed by atoms with Gasteiger partial charge in [0, 0.05) is 13.1 Å². The van der Waals surface area contributed by atoms with E-state index in [4.69, 9.17) is 0 Å². The molecular weight excluding hydrogens is 247 g/mol. The molecule has 5 heteroatoms. The topological polar surface area (TPSA) is 52.6 Å². The maximum absolute atomic E-state index is 14.2. The van der Waals surface area contributed by atoms with Crippen molar-refractivity contribution in [2.45, 2.75) is 32.4 Å². The zero-order valence-electron chi connectivity index (χ0n) is 11.4. The molecule has 1 aliphatic rings. The molecule has 4 nitrogen and oxygen atoms in total. The van der Waals surface area contributed by atoms with Crippen molar-refractivity contribution in [1.82, 2.24) is 5.32 Å². The van der Waals surface area contributed by atoms with Crippen LogP contribution in [0.1, 0.15) is 32.4 Å². The Labute approximate surface area is 112 Å². The van der Waals surface area contributed by atoms with Gasteiger partial charge >= 0.3 is 0 Å². The number of piperazine rings is 1. The molecule has 1 aliphatic heterocycles.